The Morgan fingerprint density at radius 2 is 1.69 bits per heavy atom. The summed E-state index contributed by atoms with van der Waals surface area (Å²) >= 11 is 0. The van der Waals surface area contributed by atoms with Crippen LogP contribution in [0.4, 0.5) is 0 Å². The van der Waals surface area contributed by atoms with E-state index in [9.17, 15) is 8.42 Å². The Balaban J connectivity index is 0.000000165. The Kier molecular flexibility index (Phi) is 5.68. The first-order valence-corrected chi connectivity index (χ1v) is 7.39. The molecule has 0 aromatic heterocycles. The van der Waals surface area contributed by atoms with Gasteiger partial charge >= 0.3 is 0 Å². The predicted octanol–water partition coefficient (Wildman–Crippen LogP) is -1.83. The van der Waals surface area contributed by atoms with Gasteiger partial charge in [-0.25, -0.2) is 4.84 Å². The summed E-state index contributed by atoms with van der Waals surface area (Å²) in [7, 11) is 4.32. The molecule has 16 heavy (non-hydrogen) atoms. The highest BCUT2D eigenvalue weighted by atomic mass is 32.2. The van der Waals surface area contributed by atoms with Crippen molar-refractivity contribution < 1.29 is 22.6 Å². The zero-order chi connectivity index (χ0) is 12.0. The second-order valence-corrected chi connectivity index (χ2v) is 6.37. The molecule has 5 nitrogen and oxygen atoms in total. The van der Waals surface area contributed by atoms with Gasteiger partial charge in [-0.15, -0.1) is 14.1 Å². The standard InChI is InChI=1S/C5H11NO2S.C5H11NO/c1-6-4-2-3-5-9(6,7)8;1-6-4-2-3-5-7-6/h6H,1-5H2;6H,1-5H2. The molecule has 2 heterocycles. The minimum atomic E-state index is -2.86. The van der Waals surface area contributed by atoms with Crippen LogP contribution in [-0.4, -0.2) is 33.9 Å². The molecule has 0 saturated carbocycles. The summed E-state index contributed by atoms with van der Waals surface area (Å²) in [6, 6.07) is 0. The SMILES string of the molecule is [CH2-][NH+]1CCCCO1.[CH2-][NH+]1CCCCS1(=O)=O. The van der Waals surface area contributed by atoms with Crippen molar-refractivity contribution in [2.75, 3.05) is 25.4 Å². The summed E-state index contributed by atoms with van der Waals surface area (Å²) in [5, 5.41) is 0.964. The van der Waals surface area contributed by atoms with Gasteiger partial charge in [0, 0.05) is 0 Å². The summed E-state index contributed by atoms with van der Waals surface area (Å²) in [5.74, 6) is 0.311. The summed E-state index contributed by atoms with van der Waals surface area (Å²) < 4.78 is 22.2. The van der Waals surface area contributed by atoms with E-state index >= 15 is 0 Å². The van der Waals surface area contributed by atoms with Gasteiger partial charge in [0.2, 0.25) is 0 Å². The van der Waals surface area contributed by atoms with Crippen molar-refractivity contribution in [1.82, 2.24) is 0 Å². The van der Waals surface area contributed by atoms with E-state index in [0.29, 0.717) is 16.6 Å². The highest BCUT2D eigenvalue weighted by molar-refractivity contribution is 7.85. The minimum Gasteiger partial charge on any atom is -0.361 e. The van der Waals surface area contributed by atoms with Crippen LogP contribution in [-0.2, 0) is 14.9 Å². The molecule has 2 atom stereocenters. The number of sulfonamides is 1. The molecule has 0 amide bonds. The average Bonchev–Trinajstić information content (AvgIpc) is 2.24. The Hall–Kier alpha value is -0.170. The molecule has 0 radical (unpaired) electrons. The molecule has 2 saturated heterocycles. The molecule has 0 aromatic carbocycles. The van der Waals surface area contributed by atoms with E-state index in [0.717, 1.165) is 31.1 Å². The van der Waals surface area contributed by atoms with Crippen molar-refractivity contribution in [1.29, 1.82) is 0 Å². The molecule has 2 rings (SSSR count). The predicted molar refractivity (Wildman–Crippen MR) is 60.6 cm³/mol. The van der Waals surface area contributed by atoms with Gasteiger partial charge in [0.25, 0.3) is 10.0 Å². The van der Waals surface area contributed by atoms with Crippen LogP contribution in [0.2, 0.25) is 0 Å². The lowest BCUT2D eigenvalue weighted by atomic mass is 10.3. The summed E-state index contributed by atoms with van der Waals surface area (Å²) in [6.45, 7) is 2.63. The second-order valence-electron chi connectivity index (χ2n) is 4.16. The largest absolute Gasteiger partial charge is 0.361 e. The van der Waals surface area contributed by atoms with Gasteiger partial charge in [-0.1, -0.05) is 0 Å². The molecular weight excluding hydrogens is 228 g/mol. The van der Waals surface area contributed by atoms with E-state index < -0.39 is 10.0 Å². The van der Waals surface area contributed by atoms with Crippen molar-refractivity contribution in [2.45, 2.75) is 25.7 Å². The molecule has 0 aromatic rings. The van der Waals surface area contributed by atoms with Gasteiger partial charge in [0.05, 0.1) is 18.8 Å². The number of hydrogen-bond donors (Lipinski definition) is 2. The Morgan fingerprint density at radius 1 is 1.00 bits per heavy atom. The third-order valence-corrected chi connectivity index (χ3v) is 4.62. The Bertz CT molecular complexity index is 286. The van der Waals surface area contributed by atoms with E-state index in [1.54, 1.807) is 0 Å². The lowest BCUT2D eigenvalue weighted by Gasteiger charge is -2.24. The fourth-order valence-corrected chi connectivity index (χ4v) is 2.96. The smallest absolute Gasteiger partial charge is 0.271 e. The van der Waals surface area contributed by atoms with Gasteiger partial charge in [-0.3, -0.25) is 0 Å². The Labute approximate surface area is 98.4 Å². The molecule has 2 N–H and O–H groups in total. The molecule has 0 bridgehead atoms. The van der Waals surface area contributed by atoms with Crippen molar-refractivity contribution in [3.05, 3.63) is 14.1 Å². The van der Waals surface area contributed by atoms with Gasteiger partial charge in [-0.05, 0) is 25.7 Å². The van der Waals surface area contributed by atoms with Crippen molar-refractivity contribution in [2.24, 2.45) is 0 Å². The van der Waals surface area contributed by atoms with E-state index in [-0.39, 0.29) is 0 Å². The Morgan fingerprint density at radius 3 is 2.00 bits per heavy atom. The number of nitrogens with one attached hydrogen (secondary N) is 2. The van der Waals surface area contributed by atoms with Crippen LogP contribution in [0.25, 0.3) is 0 Å². The fourth-order valence-electron chi connectivity index (χ4n) is 1.63. The normalized spacial score (nSPS) is 33.6. The van der Waals surface area contributed by atoms with Gasteiger partial charge in [0.1, 0.15) is 6.61 Å². The van der Waals surface area contributed by atoms with Crippen LogP contribution in [0.1, 0.15) is 25.7 Å². The minimum absolute atomic E-state index is 0.311. The number of rotatable bonds is 0. The molecule has 2 aliphatic heterocycles. The summed E-state index contributed by atoms with van der Waals surface area (Å²) in [6.07, 6.45) is 4.26. The average molecular weight is 250 g/mol. The maximum atomic E-state index is 10.9. The maximum Gasteiger partial charge on any atom is 0.271 e. The first kappa shape index (κ1) is 13.9. The van der Waals surface area contributed by atoms with Crippen LogP contribution in [0, 0.1) is 14.1 Å². The summed E-state index contributed by atoms with van der Waals surface area (Å²) in [4.78, 5) is 5.08. The molecule has 96 valence electrons. The maximum absolute atomic E-state index is 10.9. The second kappa shape index (κ2) is 6.54. The zero-order valence-electron chi connectivity index (χ0n) is 9.70. The molecule has 6 heteroatoms. The van der Waals surface area contributed by atoms with Gasteiger partial charge < -0.3 is 9.37 Å². The topological polar surface area (TPSA) is 52.3 Å². The third-order valence-electron chi connectivity index (χ3n) is 2.71. The number of hydrogen-bond acceptors (Lipinski definition) is 3. The first-order valence-electron chi connectivity index (χ1n) is 5.73. The molecular formula is C10H22N2O3S. The third kappa shape index (κ3) is 4.78. The van der Waals surface area contributed by atoms with Crippen LogP contribution in [0.15, 0.2) is 0 Å². The highest BCUT2D eigenvalue weighted by Crippen LogP contribution is 1.94. The van der Waals surface area contributed by atoms with E-state index in [4.69, 9.17) is 4.84 Å². The number of quaternary nitrogens is 2. The van der Waals surface area contributed by atoms with Gasteiger partial charge in [0.15, 0.2) is 0 Å². The van der Waals surface area contributed by atoms with Crippen LogP contribution < -0.4 is 9.37 Å². The zero-order valence-corrected chi connectivity index (χ0v) is 10.5. The lowest BCUT2D eigenvalue weighted by Crippen LogP contribution is -3.10. The van der Waals surface area contributed by atoms with E-state index in [1.807, 2.05) is 0 Å². The van der Waals surface area contributed by atoms with E-state index in [2.05, 4.69) is 14.1 Å². The van der Waals surface area contributed by atoms with Crippen LogP contribution >= 0.6 is 0 Å². The van der Waals surface area contributed by atoms with Gasteiger partial charge in [-0.2, -0.15) is 8.42 Å². The lowest BCUT2D eigenvalue weighted by molar-refractivity contribution is -1.06. The molecule has 0 spiro atoms. The van der Waals surface area contributed by atoms with Crippen molar-refractivity contribution >= 4 is 10.0 Å². The fraction of sp³-hybridized carbons (Fsp3) is 0.800. The quantitative estimate of drug-likeness (QED) is 0.498. The number of hydroxylamine groups is 2. The summed E-state index contributed by atoms with van der Waals surface area (Å²) in [5.41, 5.74) is 0. The monoisotopic (exact) mass is 250 g/mol. The molecule has 2 fully saturated rings. The van der Waals surface area contributed by atoms with E-state index in [1.165, 1.54) is 12.8 Å². The van der Waals surface area contributed by atoms with Crippen LogP contribution in [0.3, 0.4) is 0 Å². The van der Waals surface area contributed by atoms with Crippen molar-refractivity contribution in [3.8, 4) is 0 Å². The first-order chi connectivity index (χ1) is 7.52. The van der Waals surface area contributed by atoms with Crippen LogP contribution in [0.5, 0.6) is 0 Å². The highest BCUT2D eigenvalue weighted by Gasteiger charge is 2.20. The van der Waals surface area contributed by atoms with Crippen molar-refractivity contribution in [3.63, 3.8) is 0 Å². The molecule has 0 aliphatic carbocycles. The molecule has 2 aliphatic rings. The molecule has 2 unspecified atom stereocenters.